The molecule has 0 fully saturated rings. The Balaban J connectivity index is 1.95. The Morgan fingerprint density at radius 3 is 2.43 bits per heavy atom. The smallest absolute Gasteiger partial charge is 0.223 e. The third kappa shape index (κ3) is 4.14. The van der Waals surface area contributed by atoms with Crippen LogP contribution in [-0.2, 0) is 11.3 Å². The van der Waals surface area contributed by atoms with Crippen LogP contribution in [0.4, 0.5) is 0 Å². The molecule has 3 nitrogen and oxygen atoms in total. The Morgan fingerprint density at radius 2 is 1.90 bits per heavy atom. The van der Waals surface area contributed by atoms with E-state index in [1.54, 1.807) is 11.3 Å². The second-order valence-corrected chi connectivity index (χ2v) is 6.08. The van der Waals surface area contributed by atoms with Crippen LogP contribution in [0.2, 0.25) is 0 Å². The van der Waals surface area contributed by atoms with E-state index in [-0.39, 0.29) is 11.8 Å². The van der Waals surface area contributed by atoms with Crippen molar-refractivity contribution in [3.05, 3.63) is 40.9 Å². The Labute approximate surface area is 130 Å². The molecule has 0 saturated carbocycles. The van der Waals surface area contributed by atoms with Crippen molar-refractivity contribution in [1.82, 2.24) is 10.3 Å². The van der Waals surface area contributed by atoms with Crippen LogP contribution in [0.1, 0.15) is 37.9 Å². The summed E-state index contributed by atoms with van der Waals surface area (Å²) in [6.07, 6.45) is 1.79. The second-order valence-electron chi connectivity index (χ2n) is 5.22. The summed E-state index contributed by atoms with van der Waals surface area (Å²) >= 11 is 1.66. The van der Waals surface area contributed by atoms with Crippen molar-refractivity contribution in [3.8, 4) is 10.6 Å². The van der Waals surface area contributed by atoms with E-state index in [1.165, 1.54) is 0 Å². The van der Waals surface area contributed by atoms with Gasteiger partial charge in [-0.25, -0.2) is 4.98 Å². The van der Waals surface area contributed by atoms with Gasteiger partial charge in [0.25, 0.3) is 0 Å². The molecular weight excluding hydrogens is 280 g/mol. The van der Waals surface area contributed by atoms with Crippen LogP contribution in [0, 0.1) is 12.8 Å². The minimum absolute atomic E-state index is 0.127. The first-order valence-corrected chi connectivity index (χ1v) is 8.31. The first kappa shape index (κ1) is 15.7. The van der Waals surface area contributed by atoms with Crippen molar-refractivity contribution in [2.24, 2.45) is 5.92 Å². The molecule has 0 atom stereocenters. The number of benzene rings is 1. The Kier molecular flexibility index (Phi) is 5.51. The average Bonchev–Trinajstić information content (AvgIpc) is 2.93. The molecule has 4 heteroatoms. The number of nitrogens with zero attached hydrogens (tertiary/aromatic N) is 1. The van der Waals surface area contributed by atoms with Crippen molar-refractivity contribution in [2.75, 3.05) is 0 Å². The summed E-state index contributed by atoms with van der Waals surface area (Å²) in [5.74, 6) is 0.280. The maximum Gasteiger partial charge on any atom is 0.223 e. The number of hydrogen-bond acceptors (Lipinski definition) is 3. The number of carbonyl (C=O) groups excluding carboxylic acids is 1. The zero-order chi connectivity index (χ0) is 15.2. The van der Waals surface area contributed by atoms with Crippen LogP contribution >= 0.6 is 11.3 Å². The quantitative estimate of drug-likeness (QED) is 0.870. The molecule has 1 amide bonds. The van der Waals surface area contributed by atoms with Crippen molar-refractivity contribution < 1.29 is 4.79 Å². The lowest BCUT2D eigenvalue weighted by Crippen LogP contribution is -2.29. The molecule has 2 aromatic rings. The molecule has 0 saturated heterocycles. The van der Waals surface area contributed by atoms with E-state index >= 15 is 0 Å². The van der Waals surface area contributed by atoms with Crippen LogP contribution in [-0.4, -0.2) is 10.9 Å². The highest BCUT2D eigenvalue weighted by Gasteiger charge is 2.13. The van der Waals surface area contributed by atoms with Gasteiger partial charge in [-0.05, 0) is 25.3 Å². The van der Waals surface area contributed by atoms with Crippen molar-refractivity contribution >= 4 is 17.2 Å². The van der Waals surface area contributed by atoms with E-state index in [1.807, 2.05) is 6.92 Å². The fraction of sp³-hybridized carbons (Fsp3) is 0.412. The second kappa shape index (κ2) is 7.36. The zero-order valence-electron chi connectivity index (χ0n) is 12.8. The van der Waals surface area contributed by atoms with Gasteiger partial charge >= 0.3 is 0 Å². The molecule has 1 heterocycles. The van der Waals surface area contributed by atoms with E-state index in [4.69, 9.17) is 0 Å². The number of carbonyl (C=O) groups is 1. The minimum atomic E-state index is 0.127. The number of thiazole rings is 1. The first-order valence-electron chi connectivity index (χ1n) is 7.43. The highest BCUT2D eigenvalue weighted by molar-refractivity contribution is 7.13. The zero-order valence-corrected chi connectivity index (χ0v) is 13.7. The summed E-state index contributed by atoms with van der Waals surface area (Å²) in [6, 6.07) is 8.24. The summed E-state index contributed by atoms with van der Waals surface area (Å²) in [7, 11) is 0. The third-order valence-electron chi connectivity index (χ3n) is 3.64. The Bertz CT molecular complexity index is 585. The number of aryl methyl sites for hydroxylation is 1. The number of hydrogen-bond donors (Lipinski definition) is 1. The van der Waals surface area contributed by atoms with Gasteiger partial charge in [-0.15, -0.1) is 11.3 Å². The standard InChI is InChI=1S/C17H22N2OS/c1-4-14(5-2)16(20)18-10-13-6-8-15(9-7-13)17-19-12(3)11-21-17/h6-9,11,14H,4-5,10H2,1-3H3,(H,18,20). The largest absolute Gasteiger partial charge is 0.352 e. The average molecular weight is 302 g/mol. The molecule has 112 valence electrons. The molecule has 0 aliphatic rings. The van der Waals surface area contributed by atoms with Gasteiger partial charge in [0, 0.05) is 29.1 Å². The van der Waals surface area contributed by atoms with E-state index < -0.39 is 0 Å². The number of aromatic nitrogens is 1. The van der Waals surface area contributed by atoms with Gasteiger partial charge in [0.2, 0.25) is 5.91 Å². The van der Waals surface area contributed by atoms with E-state index in [2.05, 4.69) is 53.8 Å². The van der Waals surface area contributed by atoms with E-state index in [0.717, 1.165) is 34.7 Å². The minimum Gasteiger partial charge on any atom is -0.352 e. The highest BCUT2D eigenvalue weighted by atomic mass is 32.1. The predicted molar refractivity (Wildman–Crippen MR) is 88.2 cm³/mol. The molecule has 2 rings (SSSR count). The fourth-order valence-corrected chi connectivity index (χ4v) is 3.05. The Morgan fingerprint density at radius 1 is 1.24 bits per heavy atom. The number of rotatable bonds is 6. The summed E-state index contributed by atoms with van der Waals surface area (Å²) in [5, 5.41) is 6.11. The molecular formula is C17H22N2OS. The number of amides is 1. The lowest BCUT2D eigenvalue weighted by molar-refractivity contribution is -0.125. The molecule has 0 spiro atoms. The van der Waals surface area contributed by atoms with Gasteiger partial charge in [-0.2, -0.15) is 0 Å². The molecule has 0 aliphatic carbocycles. The van der Waals surface area contributed by atoms with Gasteiger partial charge in [0.1, 0.15) is 5.01 Å². The topological polar surface area (TPSA) is 42.0 Å². The molecule has 1 N–H and O–H groups in total. The third-order valence-corrected chi connectivity index (χ3v) is 4.65. The lowest BCUT2D eigenvalue weighted by Gasteiger charge is -2.12. The summed E-state index contributed by atoms with van der Waals surface area (Å²) < 4.78 is 0. The highest BCUT2D eigenvalue weighted by Crippen LogP contribution is 2.23. The van der Waals surface area contributed by atoms with Crippen molar-refractivity contribution in [2.45, 2.75) is 40.2 Å². The van der Waals surface area contributed by atoms with Crippen LogP contribution in [0.3, 0.4) is 0 Å². The lowest BCUT2D eigenvalue weighted by atomic mass is 10.0. The predicted octanol–water partition coefficient (Wildman–Crippen LogP) is 4.17. The SMILES string of the molecule is CCC(CC)C(=O)NCc1ccc(-c2nc(C)cs2)cc1. The molecule has 0 aliphatic heterocycles. The Hall–Kier alpha value is -1.68. The molecule has 0 unspecified atom stereocenters. The van der Waals surface area contributed by atoms with Gasteiger partial charge in [-0.3, -0.25) is 4.79 Å². The van der Waals surface area contributed by atoms with E-state index in [0.29, 0.717) is 6.54 Å². The van der Waals surface area contributed by atoms with Gasteiger partial charge in [0.15, 0.2) is 0 Å². The molecule has 21 heavy (non-hydrogen) atoms. The monoisotopic (exact) mass is 302 g/mol. The van der Waals surface area contributed by atoms with Crippen molar-refractivity contribution in [3.63, 3.8) is 0 Å². The molecule has 1 aromatic carbocycles. The van der Waals surface area contributed by atoms with Gasteiger partial charge in [0.05, 0.1) is 0 Å². The maximum absolute atomic E-state index is 12.0. The van der Waals surface area contributed by atoms with Crippen LogP contribution < -0.4 is 5.32 Å². The van der Waals surface area contributed by atoms with Crippen molar-refractivity contribution in [1.29, 1.82) is 0 Å². The fourth-order valence-electron chi connectivity index (χ4n) is 2.24. The maximum atomic E-state index is 12.0. The molecule has 0 radical (unpaired) electrons. The van der Waals surface area contributed by atoms with E-state index in [9.17, 15) is 4.79 Å². The van der Waals surface area contributed by atoms with Gasteiger partial charge in [-0.1, -0.05) is 38.1 Å². The van der Waals surface area contributed by atoms with Crippen LogP contribution in [0.15, 0.2) is 29.6 Å². The summed E-state index contributed by atoms with van der Waals surface area (Å²) in [4.78, 5) is 16.4. The summed E-state index contributed by atoms with van der Waals surface area (Å²) in [6.45, 7) is 6.70. The first-order chi connectivity index (χ1) is 10.1. The normalized spacial score (nSPS) is 10.9. The van der Waals surface area contributed by atoms with Crippen LogP contribution in [0.5, 0.6) is 0 Å². The summed E-state index contributed by atoms with van der Waals surface area (Å²) in [5.41, 5.74) is 3.30. The number of nitrogens with one attached hydrogen (secondary N) is 1. The molecule has 0 bridgehead atoms. The van der Waals surface area contributed by atoms with Gasteiger partial charge < -0.3 is 5.32 Å². The van der Waals surface area contributed by atoms with Crippen LogP contribution in [0.25, 0.3) is 10.6 Å². The molecule has 1 aromatic heterocycles.